The molecule has 2 heterocycles. The summed E-state index contributed by atoms with van der Waals surface area (Å²) in [5.41, 5.74) is 0.658. The van der Waals surface area contributed by atoms with Crippen LogP contribution in [-0.2, 0) is 0 Å². The van der Waals surface area contributed by atoms with Gasteiger partial charge in [0, 0.05) is 12.5 Å². The van der Waals surface area contributed by atoms with E-state index in [4.69, 9.17) is 23.2 Å². The molecule has 0 fully saturated rings. The van der Waals surface area contributed by atoms with Crippen molar-refractivity contribution in [2.75, 3.05) is 5.32 Å². The van der Waals surface area contributed by atoms with Crippen molar-refractivity contribution in [2.45, 2.75) is 24.7 Å². The van der Waals surface area contributed by atoms with Crippen molar-refractivity contribution in [1.82, 2.24) is 9.78 Å². The minimum atomic E-state index is -4.36. The summed E-state index contributed by atoms with van der Waals surface area (Å²) in [5.74, 6) is 0.333. The van der Waals surface area contributed by atoms with Crippen LogP contribution in [0, 0.1) is 0 Å². The van der Waals surface area contributed by atoms with Gasteiger partial charge in [0.05, 0.1) is 22.3 Å². The second-order valence-corrected chi connectivity index (χ2v) is 5.64. The van der Waals surface area contributed by atoms with Crippen molar-refractivity contribution in [3.05, 3.63) is 46.1 Å². The summed E-state index contributed by atoms with van der Waals surface area (Å²) in [6.07, 6.45) is -3.17. The molecule has 0 amide bonds. The predicted molar refractivity (Wildman–Crippen MR) is 74.8 cm³/mol. The molecule has 1 N–H and O–H groups in total. The van der Waals surface area contributed by atoms with Crippen LogP contribution in [0.1, 0.15) is 24.1 Å². The fourth-order valence-electron chi connectivity index (χ4n) is 2.46. The highest BCUT2D eigenvalue weighted by atomic mass is 35.5. The molecule has 0 saturated heterocycles. The van der Waals surface area contributed by atoms with E-state index in [0.29, 0.717) is 21.4 Å². The second-order valence-electron chi connectivity index (χ2n) is 4.82. The topological polar surface area (TPSA) is 29.9 Å². The molecule has 2 atom stereocenters. The Balaban J connectivity index is 1.98. The standard InChI is InChI=1S/C13H10Cl2F3N3/c14-8-2-1-7(5-9(8)15)10-6-11(13(16,17)18)21-12(20-10)3-4-19-21/h1-5,10-11,20H,6H2/t10-,11+/m1/s1. The van der Waals surface area contributed by atoms with E-state index in [1.807, 2.05) is 0 Å². The number of alkyl halides is 3. The van der Waals surface area contributed by atoms with Gasteiger partial charge >= 0.3 is 6.18 Å². The highest BCUT2D eigenvalue weighted by Crippen LogP contribution is 2.43. The van der Waals surface area contributed by atoms with Gasteiger partial charge < -0.3 is 5.32 Å². The molecule has 3 nitrogen and oxygen atoms in total. The zero-order valence-electron chi connectivity index (χ0n) is 10.5. The molecule has 0 radical (unpaired) electrons. The monoisotopic (exact) mass is 335 g/mol. The molecule has 1 aliphatic rings. The summed E-state index contributed by atoms with van der Waals surface area (Å²) < 4.78 is 40.5. The number of benzene rings is 1. The summed E-state index contributed by atoms with van der Waals surface area (Å²) in [6, 6.07) is 4.18. The van der Waals surface area contributed by atoms with Crippen LogP contribution in [0.15, 0.2) is 30.5 Å². The van der Waals surface area contributed by atoms with Crippen LogP contribution < -0.4 is 5.32 Å². The van der Waals surface area contributed by atoms with Crippen molar-refractivity contribution in [3.8, 4) is 0 Å². The lowest BCUT2D eigenvalue weighted by Crippen LogP contribution is -2.35. The summed E-state index contributed by atoms with van der Waals surface area (Å²) in [6.45, 7) is 0. The molecular weight excluding hydrogens is 326 g/mol. The third kappa shape index (κ3) is 2.70. The first kappa shape index (κ1) is 14.5. The van der Waals surface area contributed by atoms with E-state index in [1.165, 1.54) is 12.3 Å². The Hall–Kier alpha value is -1.40. The molecule has 1 aromatic heterocycles. The van der Waals surface area contributed by atoms with Crippen molar-refractivity contribution in [2.24, 2.45) is 0 Å². The molecule has 0 spiro atoms. The lowest BCUT2D eigenvalue weighted by atomic mass is 9.97. The molecule has 0 unspecified atom stereocenters. The number of nitrogens with one attached hydrogen (secondary N) is 1. The van der Waals surface area contributed by atoms with E-state index >= 15 is 0 Å². The van der Waals surface area contributed by atoms with E-state index in [-0.39, 0.29) is 6.42 Å². The average Bonchev–Trinajstić information content (AvgIpc) is 2.87. The third-order valence-electron chi connectivity index (χ3n) is 3.47. The minimum absolute atomic E-state index is 0.157. The smallest absolute Gasteiger partial charge is 0.363 e. The summed E-state index contributed by atoms with van der Waals surface area (Å²) in [7, 11) is 0. The number of rotatable bonds is 1. The molecule has 0 aliphatic carbocycles. The number of anilines is 1. The first-order valence-corrected chi connectivity index (χ1v) is 6.93. The summed E-state index contributed by atoms with van der Waals surface area (Å²) in [5, 5.41) is 7.48. The van der Waals surface area contributed by atoms with E-state index in [1.54, 1.807) is 18.2 Å². The maximum absolute atomic E-state index is 13.2. The van der Waals surface area contributed by atoms with Gasteiger partial charge in [0.1, 0.15) is 5.82 Å². The van der Waals surface area contributed by atoms with Crippen molar-refractivity contribution >= 4 is 29.0 Å². The molecule has 0 bridgehead atoms. The van der Waals surface area contributed by atoms with Crippen molar-refractivity contribution in [1.29, 1.82) is 0 Å². The van der Waals surface area contributed by atoms with Gasteiger partial charge in [-0.25, -0.2) is 4.68 Å². The van der Waals surface area contributed by atoms with Gasteiger partial charge in [-0.05, 0) is 17.7 Å². The lowest BCUT2D eigenvalue weighted by molar-refractivity contribution is -0.173. The molecule has 3 rings (SSSR count). The first-order valence-electron chi connectivity index (χ1n) is 6.18. The Morgan fingerprint density at radius 2 is 1.95 bits per heavy atom. The molecule has 8 heteroatoms. The Morgan fingerprint density at radius 1 is 1.19 bits per heavy atom. The highest BCUT2D eigenvalue weighted by Gasteiger charge is 2.46. The van der Waals surface area contributed by atoms with Crippen LogP contribution in [0.3, 0.4) is 0 Å². The molecule has 1 aromatic carbocycles. The SMILES string of the molecule is FC(F)(F)[C@@H]1C[C@H](c2ccc(Cl)c(Cl)c2)Nc2ccnn21. The van der Waals surface area contributed by atoms with Crippen LogP contribution in [-0.4, -0.2) is 16.0 Å². The van der Waals surface area contributed by atoms with Crippen LogP contribution >= 0.6 is 23.2 Å². The first-order chi connectivity index (χ1) is 9.86. The van der Waals surface area contributed by atoms with Crippen LogP contribution in [0.5, 0.6) is 0 Å². The largest absolute Gasteiger partial charge is 0.410 e. The van der Waals surface area contributed by atoms with Crippen molar-refractivity contribution < 1.29 is 13.2 Å². The molecule has 1 aliphatic heterocycles. The number of aromatic nitrogens is 2. The number of nitrogens with zero attached hydrogens (tertiary/aromatic N) is 2. The molecule has 112 valence electrons. The number of halogens is 5. The fourth-order valence-corrected chi connectivity index (χ4v) is 2.76. The summed E-state index contributed by atoms with van der Waals surface area (Å²) in [4.78, 5) is 0. The van der Waals surface area contributed by atoms with Gasteiger partial charge in [0.15, 0.2) is 6.04 Å². The number of hydrogen-bond donors (Lipinski definition) is 1. The van der Waals surface area contributed by atoms with Crippen LogP contribution in [0.4, 0.5) is 19.0 Å². The third-order valence-corrected chi connectivity index (χ3v) is 4.21. The molecule has 2 aromatic rings. The normalized spacial score (nSPS) is 21.8. The Kier molecular flexibility index (Phi) is 3.53. The van der Waals surface area contributed by atoms with Gasteiger partial charge in [0.2, 0.25) is 0 Å². The Morgan fingerprint density at radius 3 is 2.62 bits per heavy atom. The van der Waals surface area contributed by atoms with Gasteiger partial charge in [-0.2, -0.15) is 18.3 Å². The lowest BCUT2D eigenvalue weighted by Gasteiger charge is -2.33. The van der Waals surface area contributed by atoms with Gasteiger partial charge in [-0.3, -0.25) is 0 Å². The zero-order chi connectivity index (χ0) is 15.2. The second kappa shape index (κ2) is 5.10. The van der Waals surface area contributed by atoms with Crippen LogP contribution in [0.2, 0.25) is 10.0 Å². The van der Waals surface area contributed by atoms with Crippen LogP contribution in [0.25, 0.3) is 0 Å². The molecule has 0 saturated carbocycles. The quantitative estimate of drug-likeness (QED) is 0.807. The van der Waals surface area contributed by atoms with Gasteiger partial charge in [0.25, 0.3) is 0 Å². The van der Waals surface area contributed by atoms with E-state index in [0.717, 1.165) is 4.68 Å². The number of fused-ring (bicyclic) bond motifs is 1. The highest BCUT2D eigenvalue weighted by molar-refractivity contribution is 6.42. The Bertz CT molecular complexity index is 669. The molecule has 21 heavy (non-hydrogen) atoms. The maximum Gasteiger partial charge on any atom is 0.410 e. The van der Waals surface area contributed by atoms with Gasteiger partial charge in [-0.15, -0.1) is 0 Å². The van der Waals surface area contributed by atoms with E-state index in [2.05, 4.69) is 10.4 Å². The Labute approximate surface area is 128 Å². The van der Waals surface area contributed by atoms with Gasteiger partial charge in [-0.1, -0.05) is 29.3 Å². The molecular formula is C13H10Cl2F3N3. The van der Waals surface area contributed by atoms with E-state index in [9.17, 15) is 13.2 Å². The predicted octanol–water partition coefficient (Wildman–Crippen LogP) is 4.85. The summed E-state index contributed by atoms with van der Waals surface area (Å²) >= 11 is 11.8. The number of hydrogen-bond acceptors (Lipinski definition) is 2. The van der Waals surface area contributed by atoms with Crippen molar-refractivity contribution in [3.63, 3.8) is 0 Å². The minimum Gasteiger partial charge on any atom is -0.363 e. The fraction of sp³-hybridized carbons (Fsp3) is 0.308. The zero-order valence-corrected chi connectivity index (χ0v) is 12.0. The maximum atomic E-state index is 13.2. The average molecular weight is 336 g/mol. The van der Waals surface area contributed by atoms with E-state index < -0.39 is 18.3 Å².